The van der Waals surface area contributed by atoms with Gasteiger partial charge in [0.15, 0.2) is 0 Å². The average Bonchev–Trinajstić information content (AvgIpc) is 2.71. The summed E-state index contributed by atoms with van der Waals surface area (Å²) in [6.07, 6.45) is 0. The van der Waals surface area contributed by atoms with Gasteiger partial charge in [-0.3, -0.25) is 4.79 Å². The highest BCUT2D eigenvalue weighted by Gasteiger charge is 2.13. The van der Waals surface area contributed by atoms with E-state index < -0.39 is 0 Å². The van der Waals surface area contributed by atoms with Crippen LogP contribution in [0.25, 0.3) is 0 Å². The molecule has 144 valence electrons. The Labute approximate surface area is 166 Å². The fourth-order valence-corrected chi connectivity index (χ4v) is 3.00. The second-order valence-corrected chi connectivity index (χ2v) is 6.61. The van der Waals surface area contributed by atoms with Crippen molar-refractivity contribution in [3.63, 3.8) is 0 Å². The Kier molecular flexibility index (Phi) is 6.76. The van der Waals surface area contributed by atoms with Gasteiger partial charge >= 0.3 is 0 Å². The minimum Gasteiger partial charge on any atom is -0.375 e. The Morgan fingerprint density at radius 2 is 1.50 bits per heavy atom. The number of anilines is 2. The molecule has 0 aliphatic carbocycles. The molecule has 0 saturated carbocycles. The number of carbonyl (C=O) groups excluding carboxylic acids is 1. The molecule has 3 rings (SSSR count). The molecule has 1 heterocycles. The minimum atomic E-state index is -0.189. The Morgan fingerprint density at radius 1 is 0.929 bits per heavy atom. The van der Waals surface area contributed by atoms with Crippen LogP contribution in [-0.4, -0.2) is 24.6 Å². The summed E-state index contributed by atoms with van der Waals surface area (Å²) in [7, 11) is 1.50. The predicted octanol–water partition coefficient (Wildman–Crippen LogP) is 4.18. The summed E-state index contributed by atoms with van der Waals surface area (Å²) in [6.45, 7) is 3.42. The third kappa shape index (κ3) is 5.41. The van der Waals surface area contributed by atoms with Crippen molar-refractivity contribution in [3.8, 4) is 0 Å². The number of hydrogen-bond acceptors (Lipinski definition) is 4. The predicted molar refractivity (Wildman–Crippen MR) is 112 cm³/mol. The number of ether oxygens (including phenoxy) is 1. The number of methoxy groups -OCH3 is 1. The van der Waals surface area contributed by atoms with Crippen LogP contribution in [-0.2, 0) is 22.6 Å². The van der Waals surface area contributed by atoms with Crippen molar-refractivity contribution in [1.82, 2.24) is 4.98 Å². The number of pyridine rings is 1. The number of aryl methyl sites for hydroxylation is 1. The van der Waals surface area contributed by atoms with Crippen LogP contribution in [0.15, 0.2) is 72.8 Å². The third-order valence-electron chi connectivity index (χ3n) is 4.38. The van der Waals surface area contributed by atoms with E-state index in [0.717, 1.165) is 24.6 Å². The van der Waals surface area contributed by atoms with Crippen LogP contribution in [0.3, 0.4) is 0 Å². The van der Waals surface area contributed by atoms with E-state index in [1.807, 2.05) is 55.5 Å². The van der Waals surface area contributed by atoms with E-state index in [9.17, 15) is 4.79 Å². The Balaban J connectivity index is 1.84. The van der Waals surface area contributed by atoms with Gasteiger partial charge in [-0.1, -0.05) is 60.7 Å². The van der Waals surface area contributed by atoms with E-state index in [1.54, 1.807) is 0 Å². The minimum absolute atomic E-state index is 0.0231. The molecule has 0 spiro atoms. The van der Waals surface area contributed by atoms with Crippen molar-refractivity contribution in [2.24, 2.45) is 0 Å². The molecule has 0 radical (unpaired) electrons. The second kappa shape index (κ2) is 9.67. The summed E-state index contributed by atoms with van der Waals surface area (Å²) in [5.41, 5.74) is 3.91. The second-order valence-electron chi connectivity index (χ2n) is 6.61. The van der Waals surface area contributed by atoms with Gasteiger partial charge in [-0.05, 0) is 30.2 Å². The average molecular weight is 375 g/mol. The number of rotatable bonds is 8. The normalized spacial score (nSPS) is 10.5. The number of aromatic nitrogens is 1. The number of amides is 1. The molecule has 0 bridgehead atoms. The molecule has 2 aromatic carbocycles. The van der Waals surface area contributed by atoms with Crippen LogP contribution in [0.4, 0.5) is 11.5 Å². The smallest absolute Gasteiger partial charge is 0.250 e. The number of carbonyl (C=O) groups is 1. The van der Waals surface area contributed by atoms with E-state index in [2.05, 4.69) is 34.5 Å². The molecule has 0 fully saturated rings. The number of nitrogens with zero attached hydrogens (tertiary/aromatic N) is 2. The third-order valence-corrected chi connectivity index (χ3v) is 4.38. The molecule has 3 aromatic rings. The van der Waals surface area contributed by atoms with E-state index in [0.29, 0.717) is 5.69 Å². The number of hydrogen-bond donors (Lipinski definition) is 1. The van der Waals surface area contributed by atoms with Crippen molar-refractivity contribution < 1.29 is 9.53 Å². The van der Waals surface area contributed by atoms with Crippen LogP contribution in [0, 0.1) is 6.92 Å². The topological polar surface area (TPSA) is 54.5 Å². The molecule has 1 N–H and O–H groups in total. The highest BCUT2D eigenvalue weighted by molar-refractivity contribution is 5.92. The quantitative estimate of drug-likeness (QED) is 0.642. The summed E-state index contributed by atoms with van der Waals surface area (Å²) < 4.78 is 4.87. The molecule has 0 aliphatic rings. The van der Waals surface area contributed by atoms with E-state index in [4.69, 9.17) is 9.72 Å². The van der Waals surface area contributed by atoms with Crippen LogP contribution in [0.5, 0.6) is 0 Å². The van der Waals surface area contributed by atoms with Crippen LogP contribution in [0.2, 0.25) is 0 Å². The maximum atomic E-state index is 11.8. The molecule has 28 heavy (non-hydrogen) atoms. The van der Waals surface area contributed by atoms with Gasteiger partial charge in [0.05, 0.1) is 11.4 Å². The van der Waals surface area contributed by atoms with Crippen LogP contribution >= 0.6 is 0 Å². The Hall–Kier alpha value is -3.18. The van der Waals surface area contributed by atoms with Gasteiger partial charge in [0.1, 0.15) is 12.4 Å². The lowest BCUT2D eigenvalue weighted by Gasteiger charge is -2.25. The molecule has 0 atom stereocenters. The Bertz CT molecular complexity index is 857. The Morgan fingerprint density at radius 3 is 2.00 bits per heavy atom. The summed E-state index contributed by atoms with van der Waals surface area (Å²) in [5.74, 6) is 0.681. The molecule has 0 saturated heterocycles. The summed E-state index contributed by atoms with van der Waals surface area (Å²) in [6, 6.07) is 24.5. The summed E-state index contributed by atoms with van der Waals surface area (Å²) >= 11 is 0. The van der Waals surface area contributed by atoms with Crippen LogP contribution in [0.1, 0.15) is 16.8 Å². The highest BCUT2D eigenvalue weighted by Crippen LogP contribution is 2.22. The van der Waals surface area contributed by atoms with Gasteiger partial charge in [0, 0.05) is 20.2 Å². The first-order chi connectivity index (χ1) is 13.7. The van der Waals surface area contributed by atoms with E-state index in [1.165, 1.54) is 18.2 Å². The van der Waals surface area contributed by atoms with Crippen molar-refractivity contribution in [2.75, 3.05) is 23.9 Å². The van der Waals surface area contributed by atoms with Gasteiger partial charge in [0.25, 0.3) is 0 Å². The maximum absolute atomic E-state index is 11.8. The SMILES string of the molecule is COCC(=O)Nc1ccc(N(Cc2ccccc2)Cc2ccccc2)nc1C. The fourth-order valence-electron chi connectivity index (χ4n) is 3.00. The monoisotopic (exact) mass is 375 g/mol. The van der Waals surface area contributed by atoms with Gasteiger partial charge in [-0.15, -0.1) is 0 Å². The van der Waals surface area contributed by atoms with E-state index in [-0.39, 0.29) is 12.5 Å². The fraction of sp³-hybridized carbons (Fsp3) is 0.217. The molecular weight excluding hydrogens is 350 g/mol. The highest BCUT2D eigenvalue weighted by atomic mass is 16.5. The van der Waals surface area contributed by atoms with Gasteiger partial charge in [-0.2, -0.15) is 0 Å². The molecule has 5 nitrogen and oxygen atoms in total. The largest absolute Gasteiger partial charge is 0.375 e. The molecule has 0 unspecified atom stereocenters. The molecule has 1 amide bonds. The molecule has 5 heteroatoms. The summed E-state index contributed by atoms with van der Waals surface area (Å²) in [4.78, 5) is 18.8. The lowest BCUT2D eigenvalue weighted by Crippen LogP contribution is -2.24. The molecule has 0 aliphatic heterocycles. The maximum Gasteiger partial charge on any atom is 0.250 e. The zero-order valence-electron chi connectivity index (χ0n) is 16.3. The van der Waals surface area contributed by atoms with Crippen molar-refractivity contribution in [1.29, 1.82) is 0 Å². The van der Waals surface area contributed by atoms with Crippen molar-refractivity contribution in [2.45, 2.75) is 20.0 Å². The van der Waals surface area contributed by atoms with Crippen molar-refractivity contribution >= 4 is 17.4 Å². The van der Waals surface area contributed by atoms with Gasteiger partial charge < -0.3 is 15.0 Å². The van der Waals surface area contributed by atoms with Crippen molar-refractivity contribution in [3.05, 3.63) is 89.6 Å². The molecular formula is C23H25N3O2. The first-order valence-electron chi connectivity index (χ1n) is 9.25. The lowest BCUT2D eigenvalue weighted by atomic mass is 10.1. The standard InChI is InChI=1S/C23H25N3O2/c1-18-21(25-23(27)17-28-2)13-14-22(24-18)26(15-19-9-5-3-6-10-19)16-20-11-7-4-8-12-20/h3-14H,15-17H2,1-2H3,(H,25,27). The number of nitrogens with one attached hydrogen (secondary N) is 1. The summed E-state index contributed by atoms with van der Waals surface area (Å²) in [5, 5.41) is 2.83. The first-order valence-corrected chi connectivity index (χ1v) is 9.25. The molecule has 1 aromatic heterocycles. The van der Waals surface area contributed by atoms with Gasteiger partial charge in [0.2, 0.25) is 5.91 Å². The van der Waals surface area contributed by atoms with Crippen LogP contribution < -0.4 is 10.2 Å². The zero-order valence-corrected chi connectivity index (χ0v) is 16.3. The zero-order chi connectivity index (χ0) is 19.8. The lowest BCUT2D eigenvalue weighted by molar-refractivity contribution is -0.119. The van der Waals surface area contributed by atoms with E-state index >= 15 is 0 Å². The van der Waals surface area contributed by atoms with Gasteiger partial charge in [-0.25, -0.2) is 4.98 Å². The number of benzene rings is 2. The first kappa shape index (κ1) is 19.6.